The van der Waals surface area contributed by atoms with Gasteiger partial charge in [0, 0.05) is 11.8 Å². The minimum Gasteiger partial charge on any atom is -0.489 e. The van der Waals surface area contributed by atoms with Gasteiger partial charge in [0.1, 0.15) is 24.2 Å². The lowest BCUT2D eigenvalue weighted by Gasteiger charge is -2.17. The Labute approximate surface area is 168 Å². The molecule has 0 aliphatic carbocycles. The van der Waals surface area contributed by atoms with Crippen LogP contribution in [0.5, 0.6) is 11.5 Å². The Morgan fingerprint density at radius 2 is 1.54 bits per heavy atom. The molecule has 0 aliphatic heterocycles. The van der Waals surface area contributed by atoms with Gasteiger partial charge in [-0.2, -0.15) is 0 Å². The standard InChI is InChI=1S/C25H29NO2/c1-19(2)22-12-14-24(15-13-22)28-20(3)17-26-23-10-7-11-25(16-23)27-18-21-8-5-4-6-9-21/h4-16,19-20,26H,17-18H2,1-3H3. The van der Waals surface area contributed by atoms with Crippen LogP contribution < -0.4 is 14.8 Å². The van der Waals surface area contributed by atoms with E-state index in [9.17, 15) is 0 Å². The van der Waals surface area contributed by atoms with E-state index < -0.39 is 0 Å². The van der Waals surface area contributed by atoms with Gasteiger partial charge in [0.2, 0.25) is 0 Å². The van der Waals surface area contributed by atoms with Crippen LogP contribution in [0.25, 0.3) is 0 Å². The summed E-state index contributed by atoms with van der Waals surface area (Å²) in [7, 11) is 0. The minimum absolute atomic E-state index is 0.0544. The molecule has 0 amide bonds. The van der Waals surface area contributed by atoms with Crippen LogP contribution in [0.3, 0.4) is 0 Å². The fraction of sp³-hybridized carbons (Fsp3) is 0.280. The Hall–Kier alpha value is -2.94. The lowest BCUT2D eigenvalue weighted by atomic mass is 10.0. The quantitative estimate of drug-likeness (QED) is 0.478. The zero-order chi connectivity index (χ0) is 19.8. The normalized spacial score (nSPS) is 11.9. The van der Waals surface area contributed by atoms with E-state index in [1.54, 1.807) is 0 Å². The molecule has 1 N–H and O–H groups in total. The molecule has 3 aromatic rings. The summed E-state index contributed by atoms with van der Waals surface area (Å²) in [6.07, 6.45) is 0.0544. The maximum atomic E-state index is 6.01. The van der Waals surface area contributed by atoms with Crippen molar-refractivity contribution in [2.24, 2.45) is 0 Å². The first-order chi connectivity index (χ1) is 13.6. The van der Waals surface area contributed by atoms with Crippen molar-refractivity contribution in [1.29, 1.82) is 0 Å². The first-order valence-electron chi connectivity index (χ1n) is 9.87. The maximum Gasteiger partial charge on any atom is 0.121 e. The van der Waals surface area contributed by atoms with Crippen LogP contribution >= 0.6 is 0 Å². The molecule has 0 spiro atoms. The zero-order valence-corrected chi connectivity index (χ0v) is 16.9. The average molecular weight is 376 g/mol. The van der Waals surface area contributed by atoms with Gasteiger partial charge in [-0.05, 0) is 48.2 Å². The molecule has 1 atom stereocenters. The second-order valence-electron chi connectivity index (χ2n) is 7.34. The van der Waals surface area contributed by atoms with E-state index in [1.807, 2.05) is 54.6 Å². The van der Waals surface area contributed by atoms with Crippen molar-refractivity contribution in [1.82, 2.24) is 0 Å². The third-order valence-electron chi connectivity index (χ3n) is 4.56. The van der Waals surface area contributed by atoms with Gasteiger partial charge in [-0.3, -0.25) is 0 Å². The molecule has 3 nitrogen and oxygen atoms in total. The molecule has 1 unspecified atom stereocenters. The molecular formula is C25H29NO2. The Morgan fingerprint density at radius 3 is 2.25 bits per heavy atom. The maximum absolute atomic E-state index is 6.01. The van der Waals surface area contributed by atoms with Gasteiger partial charge in [0.25, 0.3) is 0 Å². The van der Waals surface area contributed by atoms with E-state index in [0.717, 1.165) is 22.7 Å². The molecular weight excluding hydrogens is 346 g/mol. The topological polar surface area (TPSA) is 30.5 Å². The van der Waals surface area contributed by atoms with E-state index in [1.165, 1.54) is 5.56 Å². The highest BCUT2D eigenvalue weighted by molar-refractivity contribution is 5.48. The summed E-state index contributed by atoms with van der Waals surface area (Å²) in [6.45, 7) is 7.74. The SMILES string of the molecule is CC(CNc1cccc(OCc2ccccc2)c1)Oc1ccc(C(C)C)cc1. The Bertz CT molecular complexity index is 844. The molecule has 28 heavy (non-hydrogen) atoms. The highest BCUT2D eigenvalue weighted by Gasteiger charge is 2.06. The van der Waals surface area contributed by atoms with Gasteiger partial charge in [-0.15, -0.1) is 0 Å². The van der Waals surface area contributed by atoms with Crippen LogP contribution in [0.15, 0.2) is 78.9 Å². The third-order valence-corrected chi connectivity index (χ3v) is 4.56. The van der Waals surface area contributed by atoms with Gasteiger partial charge >= 0.3 is 0 Å². The number of hydrogen-bond acceptors (Lipinski definition) is 3. The van der Waals surface area contributed by atoms with Crippen LogP contribution in [0.1, 0.15) is 37.8 Å². The summed E-state index contributed by atoms with van der Waals surface area (Å²) >= 11 is 0. The number of nitrogens with one attached hydrogen (secondary N) is 1. The molecule has 0 bridgehead atoms. The predicted molar refractivity (Wildman–Crippen MR) is 116 cm³/mol. The Kier molecular flexibility index (Phi) is 6.96. The summed E-state index contributed by atoms with van der Waals surface area (Å²) in [5.41, 5.74) is 3.51. The predicted octanol–water partition coefficient (Wildman–Crippen LogP) is 6.27. The van der Waals surface area contributed by atoms with Crippen LogP contribution in [0.2, 0.25) is 0 Å². The van der Waals surface area contributed by atoms with Crippen LogP contribution in [0, 0.1) is 0 Å². The monoisotopic (exact) mass is 375 g/mol. The largest absolute Gasteiger partial charge is 0.489 e. The molecule has 0 aliphatic rings. The highest BCUT2D eigenvalue weighted by Crippen LogP contribution is 2.21. The highest BCUT2D eigenvalue weighted by atomic mass is 16.5. The fourth-order valence-electron chi connectivity index (χ4n) is 2.90. The number of hydrogen-bond donors (Lipinski definition) is 1. The van der Waals surface area contributed by atoms with Gasteiger partial charge in [-0.1, -0.05) is 62.4 Å². The van der Waals surface area contributed by atoms with E-state index in [2.05, 4.69) is 50.4 Å². The second kappa shape index (κ2) is 9.84. The van der Waals surface area contributed by atoms with Crippen molar-refractivity contribution >= 4 is 5.69 Å². The molecule has 0 heterocycles. The van der Waals surface area contributed by atoms with Crippen molar-refractivity contribution in [3.8, 4) is 11.5 Å². The lowest BCUT2D eigenvalue weighted by molar-refractivity contribution is 0.234. The number of benzene rings is 3. The van der Waals surface area contributed by atoms with Gasteiger partial charge < -0.3 is 14.8 Å². The first-order valence-corrected chi connectivity index (χ1v) is 9.87. The van der Waals surface area contributed by atoms with Crippen molar-refractivity contribution in [3.63, 3.8) is 0 Å². The zero-order valence-electron chi connectivity index (χ0n) is 16.9. The molecule has 146 valence electrons. The molecule has 0 saturated carbocycles. The van der Waals surface area contributed by atoms with E-state index >= 15 is 0 Å². The van der Waals surface area contributed by atoms with E-state index in [-0.39, 0.29) is 6.10 Å². The average Bonchev–Trinajstić information content (AvgIpc) is 2.72. The number of ether oxygens (including phenoxy) is 2. The third kappa shape index (κ3) is 6.05. The molecule has 0 aromatic heterocycles. The molecule has 0 saturated heterocycles. The number of anilines is 1. The fourth-order valence-corrected chi connectivity index (χ4v) is 2.90. The van der Waals surface area contributed by atoms with Crippen LogP contribution in [0.4, 0.5) is 5.69 Å². The van der Waals surface area contributed by atoms with Gasteiger partial charge in [0.05, 0.1) is 6.54 Å². The summed E-state index contributed by atoms with van der Waals surface area (Å²) in [5.74, 6) is 2.29. The van der Waals surface area contributed by atoms with Crippen molar-refractivity contribution in [2.75, 3.05) is 11.9 Å². The molecule has 3 heteroatoms. The smallest absolute Gasteiger partial charge is 0.121 e. The molecule has 0 radical (unpaired) electrons. The molecule has 0 fully saturated rings. The minimum atomic E-state index is 0.0544. The van der Waals surface area contributed by atoms with Gasteiger partial charge in [0.15, 0.2) is 0 Å². The van der Waals surface area contributed by atoms with E-state index in [0.29, 0.717) is 19.1 Å². The summed E-state index contributed by atoms with van der Waals surface area (Å²) in [6, 6.07) is 26.6. The summed E-state index contributed by atoms with van der Waals surface area (Å²) in [5, 5.41) is 3.43. The van der Waals surface area contributed by atoms with E-state index in [4.69, 9.17) is 9.47 Å². The Balaban J connectivity index is 1.48. The Morgan fingerprint density at radius 1 is 0.786 bits per heavy atom. The summed E-state index contributed by atoms with van der Waals surface area (Å²) in [4.78, 5) is 0. The second-order valence-corrected chi connectivity index (χ2v) is 7.34. The number of rotatable bonds is 9. The van der Waals surface area contributed by atoms with Crippen molar-refractivity contribution < 1.29 is 9.47 Å². The van der Waals surface area contributed by atoms with Crippen LogP contribution in [-0.2, 0) is 6.61 Å². The van der Waals surface area contributed by atoms with Crippen molar-refractivity contribution in [2.45, 2.75) is 39.4 Å². The molecule has 3 aromatic carbocycles. The lowest BCUT2D eigenvalue weighted by Crippen LogP contribution is -2.22. The summed E-state index contributed by atoms with van der Waals surface area (Å²) < 4.78 is 11.9. The van der Waals surface area contributed by atoms with Crippen LogP contribution in [-0.4, -0.2) is 12.6 Å². The van der Waals surface area contributed by atoms with Gasteiger partial charge in [-0.25, -0.2) is 0 Å². The molecule has 3 rings (SSSR count). The van der Waals surface area contributed by atoms with Crippen molar-refractivity contribution in [3.05, 3.63) is 90.0 Å². The first kappa shape index (κ1) is 19.8.